The van der Waals surface area contributed by atoms with Crippen LogP contribution in [0.4, 0.5) is 0 Å². The van der Waals surface area contributed by atoms with Crippen LogP contribution >= 0.6 is 0 Å². The van der Waals surface area contributed by atoms with Gasteiger partial charge in [-0.05, 0) is 112 Å². The molecule has 0 N–H and O–H groups in total. The summed E-state index contributed by atoms with van der Waals surface area (Å²) >= 11 is 0. The summed E-state index contributed by atoms with van der Waals surface area (Å²) in [5.74, 6) is 0. The summed E-state index contributed by atoms with van der Waals surface area (Å²) in [5.41, 5.74) is 7.45. The zero-order valence-electron chi connectivity index (χ0n) is 24.2. The zero-order valence-corrected chi connectivity index (χ0v) is 24.2. The molecule has 0 aliphatic carbocycles. The van der Waals surface area contributed by atoms with Gasteiger partial charge in [0.15, 0.2) is 0 Å². The summed E-state index contributed by atoms with van der Waals surface area (Å²) in [6.07, 6.45) is 0. The number of hydrogen-bond acceptors (Lipinski definition) is 0. The molecular weight excluding hydrogens is 528 g/mol. The Labute approximate surface area is 256 Å². The van der Waals surface area contributed by atoms with E-state index in [1.807, 2.05) is 0 Å². The third-order valence-electron chi connectivity index (χ3n) is 9.20. The molecule has 9 aromatic carbocycles. The predicted molar refractivity (Wildman–Crippen MR) is 190 cm³/mol. The minimum atomic E-state index is 1.23. The molecule has 0 aromatic heterocycles. The fourth-order valence-corrected chi connectivity index (χ4v) is 6.93. The van der Waals surface area contributed by atoms with Crippen molar-refractivity contribution in [3.8, 4) is 33.4 Å². The highest BCUT2D eigenvalue weighted by molar-refractivity contribution is 6.24. The van der Waals surface area contributed by atoms with Gasteiger partial charge in [-0.2, -0.15) is 0 Å². The van der Waals surface area contributed by atoms with Crippen molar-refractivity contribution < 1.29 is 0 Å². The van der Waals surface area contributed by atoms with E-state index in [2.05, 4.69) is 170 Å². The summed E-state index contributed by atoms with van der Waals surface area (Å²) in [6, 6.07) is 62.4. The lowest BCUT2D eigenvalue weighted by Gasteiger charge is -2.14. The van der Waals surface area contributed by atoms with Gasteiger partial charge in [0.25, 0.3) is 0 Å². The van der Waals surface area contributed by atoms with Crippen LogP contribution < -0.4 is 0 Å². The minimum Gasteiger partial charge on any atom is -0.0616 e. The Kier molecular flexibility index (Phi) is 5.61. The molecule has 44 heavy (non-hydrogen) atoms. The average molecular weight is 557 g/mol. The lowest BCUT2D eigenvalue weighted by atomic mass is 9.89. The van der Waals surface area contributed by atoms with Crippen molar-refractivity contribution in [3.63, 3.8) is 0 Å². The van der Waals surface area contributed by atoms with Crippen LogP contribution in [0.5, 0.6) is 0 Å². The van der Waals surface area contributed by atoms with Gasteiger partial charge in [0.2, 0.25) is 0 Å². The average Bonchev–Trinajstić information content (AvgIpc) is 3.10. The second-order valence-electron chi connectivity index (χ2n) is 11.8. The highest BCUT2D eigenvalue weighted by Gasteiger charge is 2.12. The highest BCUT2D eigenvalue weighted by atomic mass is 14.2. The smallest absolute Gasteiger partial charge is 0.00206 e. The minimum absolute atomic E-state index is 1.23. The van der Waals surface area contributed by atoms with Gasteiger partial charge in [0.05, 0.1) is 0 Å². The van der Waals surface area contributed by atoms with Crippen LogP contribution in [0.1, 0.15) is 0 Å². The molecule has 0 nitrogen and oxygen atoms in total. The van der Waals surface area contributed by atoms with Crippen molar-refractivity contribution >= 4 is 53.9 Å². The molecule has 0 aliphatic heterocycles. The Morgan fingerprint density at radius 3 is 1.39 bits per heavy atom. The predicted octanol–water partition coefficient (Wildman–Crippen LogP) is 12.5. The Hall–Kier alpha value is -5.72. The van der Waals surface area contributed by atoms with E-state index in [0.717, 1.165) is 0 Å². The molecule has 0 aliphatic rings. The molecule has 0 amide bonds. The molecule has 0 spiro atoms. The van der Waals surface area contributed by atoms with Crippen molar-refractivity contribution in [1.29, 1.82) is 0 Å². The van der Waals surface area contributed by atoms with E-state index in [1.54, 1.807) is 0 Å². The first-order valence-electron chi connectivity index (χ1n) is 15.3. The van der Waals surface area contributed by atoms with E-state index >= 15 is 0 Å². The molecule has 0 unspecified atom stereocenters. The number of benzene rings is 9. The standard InChI is InChI=1S/C44H28/c1-2-9-34-25-35(20-17-29(34)7-1)30-13-15-31(16-14-30)36-21-18-32-19-22-38(27-39(32)26-36)43-28-37-10-4-6-12-41(37)44-40-11-5-3-8-33(40)23-24-42(43)44/h1-28H. The first kappa shape index (κ1) is 24.8. The molecule has 9 aromatic rings. The fraction of sp³-hybridized carbons (Fsp3) is 0. The summed E-state index contributed by atoms with van der Waals surface area (Å²) < 4.78 is 0. The van der Waals surface area contributed by atoms with E-state index in [4.69, 9.17) is 0 Å². The van der Waals surface area contributed by atoms with E-state index in [-0.39, 0.29) is 0 Å². The molecule has 0 atom stereocenters. The summed E-state index contributed by atoms with van der Waals surface area (Å²) in [6.45, 7) is 0. The van der Waals surface area contributed by atoms with Gasteiger partial charge in [0.1, 0.15) is 0 Å². The topological polar surface area (TPSA) is 0 Å². The Balaban J connectivity index is 1.15. The Morgan fingerprint density at radius 2 is 0.682 bits per heavy atom. The number of rotatable bonds is 3. The highest BCUT2D eigenvalue weighted by Crippen LogP contribution is 2.40. The van der Waals surface area contributed by atoms with Crippen LogP contribution in [0.2, 0.25) is 0 Å². The van der Waals surface area contributed by atoms with Gasteiger partial charge in [0, 0.05) is 0 Å². The molecule has 0 saturated heterocycles. The van der Waals surface area contributed by atoms with Crippen LogP contribution in [0.15, 0.2) is 170 Å². The largest absolute Gasteiger partial charge is 0.0616 e. The van der Waals surface area contributed by atoms with Crippen LogP contribution in [0, 0.1) is 0 Å². The van der Waals surface area contributed by atoms with Crippen molar-refractivity contribution in [3.05, 3.63) is 170 Å². The third-order valence-corrected chi connectivity index (χ3v) is 9.20. The van der Waals surface area contributed by atoms with Crippen LogP contribution in [0.25, 0.3) is 87.2 Å². The van der Waals surface area contributed by atoms with E-state index < -0.39 is 0 Å². The van der Waals surface area contributed by atoms with Gasteiger partial charge in [-0.15, -0.1) is 0 Å². The molecule has 0 radical (unpaired) electrons. The first-order valence-corrected chi connectivity index (χ1v) is 15.3. The zero-order chi connectivity index (χ0) is 29.0. The quantitative estimate of drug-likeness (QED) is 0.190. The number of hydrogen-bond donors (Lipinski definition) is 0. The third kappa shape index (κ3) is 4.07. The molecule has 0 fully saturated rings. The van der Waals surface area contributed by atoms with Crippen molar-refractivity contribution in [2.24, 2.45) is 0 Å². The second-order valence-corrected chi connectivity index (χ2v) is 11.8. The van der Waals surface area contributed by atoms with Crippen LogP contribution in [0.3, 0.4) is 0 Å². The monoisotopic (exact) mass is 556 g/mol. The van der Waals surface area contributed by atoms with Gasteiger partial charge < -0.3 is 0 Å². The normalized spacial score (nSPS) is 11.6. The van der Waals surface area contributed by atoms with Crippen molar-refractivity contribution in [2.75, 3.05) is 0 Å². The van der Waals surface area contributed by atoms with Gasteiger partial charge in [-0.1, -0.05) is 146 Å². The summed E-state index contributed by atoms with van der Waals surface area (Å²) in [7, 11) is 0. The Bertz CT molecular complexity index is 2520. The summed E-state index contributed by atoms with van der Waals surface area (Å²) in [5, 5.41) is 12.8. The lowest BCUT2D eigenvalue weighted by Crippen LogP contribution is -1.87. The first-order chi connectivity index (χ1) is 21.8. The fourth-order valence-electron chi connectivity index (χ4n) is 6.93. The van der Waals surface area contributed by atoms with Crippen LogP contribution in [-0.2, 0) is 0 Å². The van der Waals surface area contributed by atoms with Crippen molar-refractivity contribution in [2.45, 2.75) is 0 Å². The lowest BCUT2D eigenvalue weighted by molar-refractivity contribution is 1.61. The Morgan fingerprint density at radius 1 is 0.227 bits per heavy atom. The number of fused-ring (bicyclic) bond motifs is 7. The SMILES string of the molecule is c1ccc2cc(-c3ccc(-c4ccc5ccc(-c6cc7ccccc7c7c6ccc6ccccc67)cc5c4)cc3)ccc2c1. The summed E-state index contributed by atoms with van der Waals surface area (Å²) in [4.78, 5) is 0. The maximum atomic E-state index is 2.36. The molecule has 0 saturated carbocycles. The van der Waals surface area contributed by atoms with Gasteiger partial charge in [-0.3, -0.25) is 0 Å². The maximum absolute atomic E-state index is 2.36. The van der Waals surface area contributed by atoms with Gasteiger partial charge in [-0.25, -0.2) is 0 Å². The van der Waals surface area contributed by atoms with Crippen LogP contribution in [-0.4, -0.2) is 0 Å². The molecular formula is C44H28. The molecule has 0 heteroatoms. The van der Waals surface area contributed by atoms with Crippen molar-refractivity contribution in [1.82, 2.24) is 0 Å². The van der Waals surface area contributed by atoms with E-state index in [0.29, 0.717) is 0 Å². The van der Waals surface area contributed by atoms with E-state index in [9.17, 15) is 0 Å². The molecule has 0 bridgehead atoms. The molecule has 0 heterocycles. The maximum Gasteiger partial charge on any atom is -0.00206 e. The van der Waals surface area contributed by atoms with E-state index in [1.165, 1.54) is 87.2 Å². The second kappa shape index (κ2) is 9.93. The molecule has 9 rings (SSSR count). The molecule has 204 valence electrons. The van der Waals surface area contributed by atoms with Gasteiger partial charge >= 0.3 is 0 Å².